The minimum absolute atomic E-state index is 0.0454. The zero-order valence-corrected chi connectivity index (χ0v) is 12.3. The Hall–Kier alpha value is -2.64. The van der Waals surface area contributed by atoms with Gasteiger partial charge in [-0.15, -0.1) is 0 Å². The molecule has 0 amide bonds. The van der Waals surface area contributed by atoms with E-state index in [4.69, 9.17) is 0 Å². The van der Waals surface area contributed by atoms with Crippen molar-refractivity contribution in [3.05, 3.63) is 39.7 Å². The van der Waals surface area contributed by atoms with Gasteiger partial charge in [0.05, 0.1) is 10.6 Å². The third-order valence-electron chi connectivity index (χ3n) is 3.10. The Labute approximate surface area is 122 Å². The lowest BCUT2D eigenvalue weighted by molar-refractivity contribution is -0.384. The number of rotatable bonds is 6. The van der Waals surface area contributed by atoms with Gasteiger partial charge in [0.2, 0.25) is 5.82 Å². The van der Waals surface area contributed by atoms with E-state index in [0.29, 0.717) is 12.4 Å². The molecule has 0 saturated carbocycles. The van der Waals surface area contributed by atoms with E-state index in [0.717, 1.165) is 17.7 Å². The summed E-state index contributed by atoms with van der Waals surface area (Å²) in [7, 11) is 3.57. The Balaban J connectivity index is 2.23. The number of aromatic nitrogens is 3. The molecule has 0 radical (unpaired) electrons. The monoisotopic (exact) mass is 290 g/mol. The molecule has 2 heterocycles. The minimum Gasteiger partial charge on any atom is -0.373 e. The molecule has 0 atom stereocenters. The molecule has 0 bridgehead atoms. The van der Waals surface area contributed by atoms with Gasteiger partial charge < -0.3 is 10.6 Å². The summed E-state index contributed by atoms with van der Waals surface area (Å²) in [6.45, 7) is 2.46. The van der Waals surface area contributed by atoms with Crippen molar-refractivity contribution >= 4 is 17.3 Å². The van der Waals surface area contributed by atoms with Crippen LogP contribution in [0, 0.1) is 10.1 Å². The van der Waals surface area contributed by atoms with Crippen LogP contribution in [0.1, 0.15) is 18.2 Å². The highest BCUT2D eigenvalue weighted by atomic mass is 16.6. The van der Waals surface area contributed by atoms with E-state index in [9.17, 15) is 10.1 Å². The summed E-state index contributed by atoms with van der Waals surface area (Å²) < 4.78 is 1.74. The van der Waals surface area contributed by atoms with Gasteiger partial charge >= 0.3 is 5.69 Å². The summed E-state index contributed by atoms with van der Waals surface area (Å²) in [5.41, 5.74) is 1.93. The standard InChI is InChI=1S/C13H18N6O2/c1-4-10-9(8-18(3)17-10)7-15-13-11(19(20)21)5-6-12(14-2)16-13/h5-6,8H,4,7H2,1-3H3,(H2,14,15,16). The van der Waals surface area contributed by atoms with E-state index in [2.05, 4.69) is 20.7 Å². The molecule has 0 unspecified atom stereocenters. The SMILES string of the molecule is CCc1nn(C)cc1CNc1nc(NC)ccc1[N+](=O)[O-]. The van der Waals surface area contributed by atoms with Crippen LogP contribution in [0.15, 0.2) is 18.3 Å². The van der Waals surface area contributed by atoms with Crippen molar-refractivity contribution in [1.29, 1.82) is 0 Å². The topological polar surface area (TPSA) is 97.9 Å². The minimum atomic E-state index is -0.446. The molecule has 0 aliphatic heterocycles. The average molecular weight is 290 g/mol. The van der Waals surface area contributed by atoms with Crippen molar-refractivity contribution < 1.29 is 4.92 Å². The number of anilines is 2. The lowest BCUT2D eigenvalue weighted by atomic mass is 10.2. The first-order valence-electron chi connectivity index (χ1n) is 6.63. The predicted octanol–water partition coefficient (Wildman–Crippen LogP) is 1.94. The molecule has 0 aliphatic rings. The Morgan fingerprint density at radius 3 is 2.81 bits per heavy atom. The maximum absolute atomic E-state index is 11.0. The van der Waals surface area contributed by atoms with E-state index >= 15 is 0 Å². The fraction of sp³-hybridized carbons (Fsp3) is 0.385. The fourth-order valence-corrected chi connectivity index (χ4v) is 2.08. The highest BCUT2D eigenvalue weighted by Gasteiger charge is 2.16. The zero-order chi connectivity index (χ0) is 15.4. The quantitative estimate of drug-likeness (QED) is 0.623. The highest BCUT2D eigenvalue weighted by Crippen LogP contribution is 2.24. The summed E-state index contributed by atoms with van der Waals surface area (Å²) in [4.78, 5) is 14.8. The molecule has 0 aromatic carbocycles. The molecular weight excluding hydrogens is 272 g/mol. The van der Waals surface area contributed by atoms with Crippen LogP contribution < -0.4 is 10.6 Å². The van der Waals surface area contributed by atoms with Gasteiger partial charge in [0.15, 0.2) is 0 Å². The number of nitro groups is 1. The first kappa shape index (κ1) is 14.8. The third kappa shape index (κ3) is 3.28. The van der Waals surface area contributed by atoms with Gasteiger partial charge in [-0.05, 0) is 12.5 Å². The normalized spacial score (nSPS) is 10.4. The summed E-state index contributed by atoms with van der Waals surface area (Å²) >= 11 is 0. The molecule has 2 aromatic heterocycles. The Bertz CT molecular complexity index is 652. The summed E-state index contributed by atoms with van der Waals surface area (Å²) in [6, 6.07) is 3.01. The maximum Gasteiger partial charge on any atom is 0.311 e. The van der Waals surface area contributed by atoms with Gasteiger partial charge in [0, 0.05) is 38.5 Å². The number of pyridine rings is 1. The van der Waals surface area contributed by atoms with Crippen LogP contribution >= 0.6 is 0 Å². The van der Waals surface area contributed by atoms with Gasteiger partial charge in [-0.2, -0.15) is 5.10 Å². The second kappa shape index (κ2) is 6.21. The molecule has 0 spiro atoms. The van der Waals surface area contributed by atoms with E-state index < -0.39 is 4.92 Å². The molecule has 0 fully saturated rings. The van der Waals surface area contributed by atoms with Crippen LogP contribution in [0.3, 0.4) is 0 Å². The lowest BCUT2D eigenvalue weighted by Gasteiger charge is -2.08. The lowest BCUT2D eigenvalue weighted by Crippen LogP contribution is -2.07. The smallest absolute Gasteiger partial charge is 0.311 e. The van der Waals surface area contributed by atoms with E-state index in [1.165, 1.54) is 6.07 Å². The number of hydrogen-bond donors (Lipinski definition) is 2. The second-order valence-electron chi connectivity index (χ2n) is 4.55. The van der Waals surface area contributed by atoms with Crippen molar-refractivity contribution in [3.8, 4) is 0 Å². The van der Waals surface area contributed by atoms with E-state index in [1.807, 2.05) is 20.2 Å². The highest BCUT2D eigenvalue weighted by molar-refractivity contribution is 5.60. The average Bonchev–Trinajstić information content (AvgIpc) is 2.84. The molecule has 2 rings (SSSR count). The molecule has 21 heavy (non-hydrogen) atoms. The molecule has 0 saturated heterocycles. The van der Waals surface area contributed by atoms with Crippen molar-refractivity contribution in [3.63, 3.8) is 0 Å². The molecule has 2 aromatic rings. The molecule has 2 N–H and O–H groups in total. The summed E-state index contributed by atoms with van der Waals surface area (Å²) in [6.07, 6.45) is 2.71. The molecular formula is C13H18N6O2. The number of nitrogens with zero attached hydrogens (tertiary/aromatic N) is 4. The molecule has 8 nitrogen and oxygen atoms in total. The van der Waals surface area contributed by atoms with Crippen LogP contribution in [0.2, 0.25) is 0 Å². The first-order chi connectivity index (χ1) is 10.0. The Morgan fingerprint density at radius 1 is 1.43 bits per heavy atom. The number of hydrogen-bond acceptors (Lipinski definition) is 6. The van der Waals surface area contributed by atoms with Gasteiger partial charge in [0.1, 0.15) is 5.82 Å². The van der Waals surface area contributed by atoms with Crippen LogP contribution in [0.5, 0.6) is 0 Å². The van der Waals surface area contributed by atoms with Crippen LogP contribution in [-0.4, -0.2) is 26.7 Å². The number of aryl methyl sites for hydroxylation is 2. The van der Waals surface area contributed by atoms with E-state index in [1.54, 1.807) is 17.8 Å². The fourth-order valence-electron chi connectivity index (χ4n) is 2.08. The summed E-state index contributed by atoms with van der Waals surface area (Å²) in [5, 5.41) is 21.3. The van der Waals surface area contributed by atoms with Crippen LogP contribution in [-0.2, 0) is 20.0 Å². The Morgan fingerprint density at radius 2 is 2.19 bits per heavy atom. The van der Waals surface area contributed by atoms with Crippen molar-refractivity contribution in [2.24, 2.45) is 7.05 Å². The largest absolute Gasteiger partial charge is 0.373 e. The van der Waals surface area contributed by atoms with Crippen molar-refractivity contribution in [2.45, 2.75) is 19.9 Å². The van der Waals surface area contributed by atoms with Gasteiger partial charge in [0.25, 0.3) is 0 Å². The van der Waals surface area contributed by atoms with Crippen molar-refractivity contribution in [1.82, 2.24) is 14.8 Å². The van der Waals surface area contributed by atoms with Crippen LogP contribution in [0.25, 0.3) is 0 Å². The maximum atomic E-state index is 11.0. The number of nitrogens with one attached hydrogen (secondary N) is 2. The molecule has 112 valence electrons. The second-order valence-corrected chi connectivity index (χ2v) is 4.55. The Kier molecular flexibility index (Phi) is 4.36. The zero-order valence-electron chi connectivity index (χ0n) is 12.3. The van der Waals surface area contributed by atoms with Crippen LogP contribution in [0.4, 0.5) is 17.3 Å². The summed E-state index contributed by atoms with van der Waals surface area (Å²) in [5.74, 6) is 0.822. The van der Waals surface area contributed by atoms with Gasteiger partial charge in [-0.25, -0.2) is 4.98 Å². The van der Waals surface area contributed by atoms with Gasteiger partial charge in [-0.1, -0.05) is 6.92 Å². The predicted molar refractivity (Wildman–Crippen MR) is 80.4 cm³/mol. The third-order valence-corrected chi connectivity index (χ3v) is 3.10. The molecule has 0 aliphatic carbocycles. The van der Waals surface area contributed by atoms with E-state index in [-0.39, 0.29) is 11.5 Å². The first-order valence-corrected chi connectivity index (χ1v) is 6.63. The van der Waals surface area contributed by atoms with Crippen molar-refractivity contribution in [2.75, 3.05) is 17.7 Å². The molecule has 8 heteroatoms. The van der Waals surface area contributed by atoms with Gasteiger partial charge in [-0.3, -0.25) is 14.8 Å².